The van der Waals surface area contributed by atoms with Gasteiger partial charge in [-0.25, -0.2) is 4.98 Å². The molecule has 8 nitrogen and oxygen atoms in total. The Hall–Kier alpha value is -2.36. The van der Waals surface area contributed by atoms with Crippen LogP contribution in [0.15, 0.2) is 18.2 Å². The molecule has 0 aliphatic heterocycles. The number of amides is 1. The number of aromatic nitrogens is 1. The average molecular weight is 518 g/mol. The van der Waals surface area contributed by atoms with Gasteiger partial charge in [-0.15, -0.1) is 11.3 Å². The van der Waals surface area contributed by atoms with Gasteiger partial charge in [0.1, 0.15) is 11.5 Å². The Morgan fingerprint density at radius 2 is 2.08 bits per heavy atom. The zero-order valence-corrected chi connectivity index (χ0v) is 22.9. The second-order valence-corrected chi connectivity index (χ2v) is 11.5. The first-order valence-corrected chi connectivity index (χ1v) is 13.5. The van der Waals surface area contributed by atoms with Crippen LogP contribution in [0, 0.1) is 23.2 Å². The number of carbonyl (C=O) groups is 1. The van der Waals surface area contributed by atoms with E-state index in [4.69, 9.17) is 19.2 Å². The number of hydrogen-bond donors (Lipinski definition) is 3. The fourth-order valence-electron chi connectivity index (χ4n) is 6.26. The third kappa shape index (κ3) is 5.06. The summed E-state index contributed by atoms with van der Waals surface area (Å²) in [4.78, 5) is 19.0. The summed E-state index contributed by atoms with van der Waals surface area (Å²) in [6, 6.07) is 5.63. The largest absolute Gasteiger partial charge is 0.497 e. The topological polar surface area (TPSA) is 102 Å². The van der Waals surface area contributed by atoms with Crippen LogP contribution in [-0.2, 0) is 16.0 Å². The summed E-state index contributed by atoms with van der Waals surface area (Å²) in [6.07, 6.45) is 2.12. The SMILES string of the molecule is COCCNC(=O)[C@@H](C)C1CC[C@@]2(C)Cc3sc(Nc4cc(OC)ccc4OC)nc3[C@@H](C)[C@@H]2[C@H]1O. The molecule has 9 heteroatoms. The number of benzene rings is 1. The molecule has 2 aromatic rings. The Morgan fingerprint density at radius 1 is 1.31 bits per heavy atom. The molecule has 6 atom stereocenters. The highest BCUT2D eigenvalue weighted by atomic mass is 32.1. The second kappa shape index (κ2) is 10.9. The molecule has 1 amide bonds. The molecule has 0 spiro atoms. The fraction of sp³-hybridized carbons (Fsp3) is 0.630. The quantitative estimate of drug-likeness (QED) is 0.425. The van der Waals surface area contributed by atoms with Crippen LogP contribution in [0.5, 0.6) is 11.5 Å². The molecule has 1 aromatic heterocycles. The number of carbonyl (C=O) groups excluding carboxylic acids is 1. The normalized spacial score (nSPS) is 28.0. The number of nitrogens with one attached hydrogen (secondary N) is 2. The Kier molecular flexibility index (Phi) is 8.12. The van der Waals surface area contributed by atoms with Crippen molar-refractivity contribution in [3.05, 3.63) is 28.8 Å². The maximum absolute atomic E-state index is 12.7. The van der Waals surface area contributed by atoms with Crippen molar-refractivity contribution < 1.29 is 24.1 Å². The molecule has 1 saturated carbocycles. The number of aliphatic hydroxyl groups excluding tert-OH is 1. The van der Waals surface area contributed by atoms with Gasteiger partial charge in [-0.3, -0.25) is 4.79 Å². The van der Waals surface area contributed by atoms with Crippen LogP contribution in [0.2, 0.25) is 0 Å². The molecule has 1 fully saturated rings. The molecule has 2 aliphatic rings. The number of fused-ring (bicyclic) bond motifs is 2. The van der Waals surface area contributed by atoms with Gasteiger partial charge in [0, 0.05) is 36.4 Å². The zero-order valence-electron chi connectivity index (χ0n) is 22.1. The molecule has 2 aliphatic carbocycles. The van der Waals surface area contributed by atoms with E-state index >= 15 is 0 Å². The van der Waals surface area contributed by atoms with Crippen molar-refractivity contribution >= 4 is 28.1 Å². The van der Waals surface area contributed by atoms with E-state index in [0.29, 0.717) is 18.9 Å². The lowest BCUT2D eigenvalue weighted by Gasteiger charge is -2.53. The minimum atomic E-state index is -0.563. The maximum atomic E-state index is 12.7. The summed E-state index contributed by atoms with van der Waals surface area (Å²) < 4.78 is 15.9. The van der Waals surface area contributed by atoms with Crippen LogP contribution < -0.4 is 20.1 Å². The first-order chi connectivity index (χ1) is 17.2. The highest BCUT2D eigenvalue weighted by molar-refractivity contribution is 7.15. The van der Waals surface area contributed by atoms with Gasteiger partial charge in [0.2, 0.25) is 5.91 Å². The molecule has 1 unspecified atom stereocenters. The molecule has 1 heterocycles. The minimum absolute atomic E-state index is 0.0174. The van der Waals surface area contributed by atoms with Gasteiger partial charge in [0.15, 0.2) is 5.13 Å². The Bertz CT molecular complexity index is 1080. The number of hydrogen-bond acceptors (Lipinski definition) is 8. The Morgan fingerprint density at radius 3 is 2.78 bits per heavy atom. The van der Waals surface area contributed by atoms with Gasteiger partial charge in [-0.2, -0.15) is 0 Å². The van der Waals surface area contributed by atoms with E-state index in [1.807, 2.05) is 25.1 Å². The predicted octanol–water partition coefficient (Wildman–Crippen LogP) is 4.36. The third-order valence-electron chi connectivity index (χ3n) is 8.23. The van der Waals surface area contributed by atoms with Crippen molar-refractivity contribution in [2.24, 2.45) is 23.2 Å². The van der Waals surface area contributed by atoms with Crippen molar-refractivity contribution in [2.75, 3.05) is 39.8 Å². The summed E-state index contributed by atoms with van der Waals surface area (Å²) in [5.74, 6) is 1.22. The van der Waals surface area contributed by atoms with E-state index in [-0.39, 0.29) is 35.0 Å². The van der Waals surface area contributed by atoms with Crippen molar-refractivity contribution in [3.63, 3.8) is 0 Å². The zero-order chi connectivity index (χ0) is 26.0. The predicted molar refractivity (Wildman–Crippen MR) is 141 cm³/mol. The smallest absolute Gasteiger partial charge is 0.223 e. The summed E-state index contributed by atoms with van der Waals surface area (Å²) in [7, 11) is 4.90. The third-order valence-corrected chi connectivity index (χ3v) is 9.22. The summed E-state index contributed by atoms with van der Waals surface area (Å²) in [5.41, 5.74) is 1.81. The van der Waals surface area contributed by atoms with Gasteiger partial charge in [0.25, 0.3) is 0 Å². The molecule has 4 rings (SSSR count). The van der Waals surface area contributed by atoms with Crippen LogP contribution in [0.3, 0.4) is 0 Å². The molecule has 0 radical (unpaired) electrons. The highest BCUT2D eigenvalue weighted by Crippen LogP contribution is 2.57. The van der Waals surface area contributed by atoms with Gasteiger partial charge in [-0.1, -0.05) is 20.8 Å². The molecular formula is C27H39N3O5S. The van der Waals surface area contributed by atoms with Gasteiger partial charge < -0.3 is 30.0 Å². The molecule has 36 heavy (non-hydrogen) atoms. The van der Waals surface area contributed by atoms with Gasteiger partial charge in [-0.05, 0) is 48.6 Å². The number of anilines is 2. The van der Waals surface area contributed by atoms with Crippen molar-refractivity contribution in [1.29, 1.82) is 0 Å². The number of aliphatic hydroxyl groups is 1. The highest BCUT2D eigenvalue weighted by Gasteiger charge is 2.53. The van der Waals surface area contributed by atoms with E-state index in [1.54, 1.807) is 32.7 Å². The number of nitrogens with zero attached hydrogens (tertiary/aromatic N) is 1. The monoisotopic (exact) mass is 517 g/mol. The van der Waals surface area contributed by atoms with Crippen LogP contribution in [0.25, 0.3) is 0 Å². The molecular weight excluding hydrogens is 478 g/mol. The van der Waals surface area contributed by atoms with Crippen LogP contribution in [0.4, 0.5) is 10.8 Å². The first-order valence-electron chi connectivity index (χ1n) is 12.7. The summed E-state index contributed by atoms with van der Waals surface area (Å²) >= 11 is 1.67. The van der Waals surface area contributed by atoms with Crippen molar-refractivity contribution in [1.82, 2.24) is 10.3 Å². The maximum Gasteiger partial charge on any atom is 0.223 e. The van der Waals surface area contributed by atoms with E-state index in [2.05, 4.69) is 24.5 Å². The number of rotatable bonds is 9. The molecule has 1 aromatic carbocycles. The lowest BCUT2D eigenvalue weighted by Crippen LogP contribution is -2.53. The second-order valence-electron chi connectivity index (χ2n) is 10.4. The van der Waals surface area contributed by atoms with E-state index in [1.165, 1.54) is 4.88 Å². The molecule has 0 saturated heterocycles. The van der Waals surface area contributed by atoms with Crippen molar-refractivity contribution in [3.8, 4) is 11.5 Å². The Labute approximate surface area is 217 Å². The van der Waals surface area contributed by atoms with Gasteiger partial charge >= 0.3 is 0 Å². The standard InChI is InChI=1S/C27H39N3O5S/c1-15(25(32)28-11-12-33-4)18-9-10-27(3)14-21-23(16(2)22(27)24(18)31)30-26(36-21)29-19-13-17(34-5)7-8-20(19)35-6/h7-8,13,15-16,18,22,24,31H,9-12,14H2,1-6H3,(H,28,32)(H,29,30)/t15-,16-,18?,22+,24-,27-/m0/s1. The molecule has 0 bridgehead atoms. The average Bonchev–Trinajstić information content (AvgIpc) is 3.25. The van der Waals surface area contributed by atoms with E-state index < -0.39 is 6.10 Å². The lowest BCUT2D eigenvalue weighted by molar-refractivity contribution is -0.135. The van der Waals surface area contributed by atoms with E-state index in [0.717, 1.165) is 41.5 Å². The summed E-state index contributed by atoms with van der Waals surface area (Å²) in [5, 5.41) is 18.8. The van der Waals surface area contributed by atoms with Gasteiger partial charge in [0.05, 0.1) is 38.3 Å². The van der Waals surface area contributed by atoms with Crippen LogP contribution in [0.1, 0.15) is 50.1 Å². The lowest BCUT2D eigenvalue weighted by atomic mass is 9.53. The number of methoxy groups -OCH3 is 3. The molecule has 198 valence electrons. The first kappa shape index (κ1) is 26.7. The molecule has 3 N–H and O–H groups in total. The number of ether oxygens (including phenoxy) is 3. The Balaban J connectivity index is 1.55. The van der Waals surface area contributed by atoms with Crippen molar-refractivity contribution in [2.45, 2.75) is 52.1 Å². The number of thiazole rings is 1. The van der Waals surface area contributed by atoms with Crippen LogP contribution in [-0.4, -0.2) is 56.6 Å². The fourth-order valence-corrected chi connectivity index (χ4v) is 7.54. The minimum Gasteiger partial charge on any atom is -0.497 e. The van der Waals surface area contributed by atoms with E-state index in [9.17, 15) is 9.90 Å². The van der Waals surface area contributed by atoms with Crippen LogP contribution >= 0.6 is 11.3 Å². The summed E-state index contributed by atoms with van der Waals surface area (Å²) in [6.45, 7) is 7.36.